The van der Waals surface area contributed by atoms with Gasteiger partial charge in [0.2, 0.25) is 0 Å². The van der Waals surface area contributed by atoms with E-state index in [1.807, 2.05) is 31.2 Å². The van der Waals surface area contributed by atoms with Crippen LogP contribution in [0.4, 0.5) is 11.4 Å². The molecule has 0 amide bonds. The monoisotopic (exact) mass is 231 g/mol. The summed E-state index contributed by atoms with van der Waals surface area (Å²) in [4.78, 5) is 11.4. The third-order valence-electron chi connectivity index (χ3n) is 2.60. The molecule has 5 heteroatoms. The Kier molecular flexibility index (Phi) is 2.91. The van der Waals surface area contributed by atoms with E-state index in [-0.39, 0.29) is 5.69 Å². The van der Waals surface area contributed by atoms with Gasteiger partial charge in [-0.3, -0.25) is 0 Å². The molecule has 0 radical (unpaired) electrons. The molecule has 0 aliphatic rings. The summed E-state index contributed by atoms with van der Waals surface area (Å²) in [5, 5.41) is 8.02. The number of aromatic nitrogens is 1. The first-order valence-electron chi connectivity index (χ1n) is 5.24. The third kappa shape index (κ3) is 2.18. The van der Waals surface area contributed by atoms with Gasteiger partial charge in [-0.2, -0.15) is 0 Å². The highest BCUT2D eigenvalue weighted by molar-refractivity contribution is 5.45. The van der Waals surface area contributed by atoms with Crippen LogP contribution in [0.15, 0.2) is 43.8 Å². The van der Waals surface area contributed by atoms with E-state index in [0.29, 0.717) is 5.69 Å². The zero-order valence-electron chi connectivity index (χ0n) is 9.97. The summed E-state index contributed by atoms with van der Waals surface area (Å²) in [7, 11) is 1.66. The highest BCUT2D eigenvalue weighted by atomic mass is 16.5. The second-order valence-electron chi connectivity index (χ2n) is 3.80. The first kappa shape index (κ1) is 11.3. The summed E-state index contributed by atoms with van der Waals surface area (Å²) in [6.07, 6.45) is 0. The Labute approximate surface area is 98.4 Å². The molecule has 17 heavy (non-hydrogen) atoms. The lowest BCUT2D eigenvalue weighted by molar-refractivity contribution is 0.280. The molecule has 0 unspecified atom stereocenters. The van der Waals surface area contributed by atoms with Crippen LogP contribution in [-0.2, 0) is 7.05 Å². The zero-order chi connectivity index (χ0) is 12.4. The fourth-order valence-electron chi connectivity index (χ4n) is 1.43. The summed E-state index contributed by atoms with van der Waals surface area (Å²) in [5.41, 5.74) is 2.19. The zero-order valence-corrected chi connectivity index (χ0v) is 9.97. The van der Waals surface area contributed by atoms with Crippen LogP contribution in [0.25, 0.3) is 0 Å². The van der Waals surface area contributed by atoms with Gasteiger partial charge in [0, 0.05) is 7.05 Å². The van der Waals surface area contributed by atoms with Crippen LogP contribution in [0.5, 0.6) is 0 Å². The minimum Gasteiger partial charge on any atom is -0.334 e. The van der Waals surface area contributed by atoms with Crippen LogP contribution in [0, 0.1) is 13.8 Å². The average Bonchev–Trinajstić information content (AvgIpc) is 2.53. The van der Waals surface area contributed by atoms with Crippen molar-refractivity contribution in [3.63, 3.8) is 0 Å². The molecule has 0 fully saturated rings. The normalized spacial score (nSPS) is 11.2. The fourth-order valence-corrected chi connectivity index (χ4v) is 1.43. The van der Waals surface area contributed by atoms with Gasteiger partial charge in [-0.05, 0) is 25.5 Å². The molecule has 88 valence electrons. The first-order chi connectivity index (χ1) is 8.09. The van der Waals surface area contributed by atoms with Gasteiger partial charge in [-0.15, -0.1) is 10.2 Å². The average molecular weight is 231 g/mol. The molecule has 1 heterocycles. The maximum atomic E-state index is 11.4. The van der Waals surface area contributed by atoms with Crippen molar-refractivity contribution in [1.82, 2.24) is 4.74 Å². The number of azo groups is 1. The largest absolute Gasteiger partial charge is 0.385 e. The van der Waals surface area contributed by atoms with Crippen LogP contribution in [0.3, 0.4) is 0 Å². The van der Waals surface area contributed by atoms with Crippen LogP contribution in [0.2, 0.25) is 0 Å². The molecule has 0 atom stereocenters. The summed E-state index contributed by atoms with van der Waals surface area (Å²) >= 11 is 0. The highest BCUT2D eigenvalue weighted by Gasteiger charge is 2.10. The second-order valence-corrected chi connectivity index (χ2v) is 3.80. The molecule has 2 aromatic rings. The summed E-state index contributed by atoms with van der Waals surface area (Å²) in [6.45, 7) is 3.70. The molecule has 0 aliphatic carbocycles. The van der Waals surface area contributed by atoms with Gasteiger partial charge in [-0.1, -0.05) is 18.2 Å². The van der Waals surface area contributed by atoms with Crippen molar-refractivity contribution in [2.45, 2.75) is 13.8 Å². The van der Waals surface area contributed by atoms with E-state index in [4.69, 9.17) is 4.52 Å². The Morgan fingerprint density at radius 1 is 1.18 bits per heavy atom. The Hall–Kier alpha value is -2.17. The van der Waals surface area contributed by atoms with Crippen molar-refractivity contribution >= 4 is 11.4 Å². The molecule has 0 spiro atoms. The lowest BCUT2D eigenvalue weighted by Gasteiger charge is -1.96. The molecule has 2 rings (SSSR count). The molecular formula is C12H13N3O2. The van der Waals surface area contributed by atoms with Crippen LogP contribution in [-0.4, -0.2) is 4.74 Å². The second kappa shape index (κ2) is 4.37. The Bertz CT molecular complexity index is 623. The van der Waals surface area contributed by atoms with Gasteiger partial charge >= 0.3 is 5.63 Å². The maximum Gasteiger partial charge on any atom is 0.385 e. The minimum absolute atomic E-state index is 0.246. The van der Waals surface area contributed by atoms with Crippen molar-refractivity contribution in [2.24, 2.45) is 17.3 Å². The first-order valence-corrected chi connectivity index (χ1v) is 5.24. The molecule has 0 aliphatic heterocycles. The number of hydrogen-bond donors (Lipinski definition) is 0. The van der Waals surface area contributed by atoms with E-state index in [1.165, 1.54) is 4.74 Å². The number of hydrogen-bond acceptors (Lipinski definition) is 4. The van der Waals surface area contributed by atoms with Crippen molar-refractivity contribution in [1.29, 1.82) is 0 Å². The standard InChI is InChI=1S/C12H13N3O2/c1-8-6-4-5-7-10(8)13-14-11-9(2)15(3)17-12(11)16/h4-7H,1-3H3. The van der Waals surface area contributed by atoms with Crippen LogP contribution >= 0.6 is 0 Å². The van der Waals surface area contributed by atoms with Gasteiger partial charge in [0.25, 0.3) is 0 Å². The molecular weight excluding hydrogens is 218 g/mol. The molecule has 0 saturated carbocycles. The molecule has 0 N–H and O–H groups in total. The molecule has 0 saturated heterocycles. The quantitative estimate of drug-likeness (QED) is 0.746. The highest BCUT2D eigenvalue weighted by Crippen LogP contribution is 2.21. The van der Waals surface area contributed by atoms with Crippen LogP contribution in [0.1, 0.15) is 11.3 Å². The Morgan fingerprint density at radius 2 is 1.88 bits per heavy atom. The maximum absolute atomic E-state index is 11.4. The van der Waals surface area contributed by atoms with E-state index in [1.54, 1.807) is 14.0 Å². The summed E-state index contributed by atoms with van der Waals surface area (Å²) in [5.74, 6) is 0. The van der Waals surface area contributed by atoms with Gasteiger partial charge in [0.15, 0.2) is 5.69 Å². The van der Waals surface area contributed by atoms with Crippen molar-refractivity contribution in [2.75, 3.05) is 0 Å². The Balaban J connectivity index is 2.39. The molecule has 5 nitrogen and oxygen atoms in total. The van der Waals surface area contributed by atoms with Gasteiger partial charge in [0.05, 0.1) is 11.4 Å². The number of rotatable bonds is 2. The van der Waals surface area contributed by atoms with E-state index in [2.05, 4.69) is 10.2 Å². The predicted molar refractivity (Wildman–Crippen MR) is 64.0 cm³/mol. The van der Waals surface area contributed by atoms with Crippen molar-refractivity contribution < 1.29 is 4.52 Å². The SMILES string of the molecule is Cc1ccccc1N=Nc1c(C)n(C)oc1=O. The van der Waals surface area contributed by atoms with E-state index >= 15 is 0 Å². The number of aryl methyl sites for hydroxylation is 2. The van der Waals surface area contributed by atoms with Gasteiger partial charge < -0.3 is 4.52 Å². The number of benzene rings is 1. The third-order valence-corrected chi connectivity index (χ3v) is 2.60. The topological polar surface area (TPSA) is 59.9 Å². The molecule has 1 aromatic heterocycles. The van der Waals surface area contributed by atoms with Crippen molar-refractivity contribution in [3.8, 4) is 0 Å². The Morgan fingerprint density at radius 3 is 2.47 bits per heavy atom. The van der Waals surface area contributed by atoms with Crippen LogP contribution < -0.4 is 5.63 Å². The van der Waals surface area contributed by atoms with Gasteiger partial charge in [0.1, 0.15) is 0 Å². The summed E-state index contributed by atoms with van der Waals surface area (Å²) in [6, 6.07) is 7.59. The summed E-state index contributed by atoms with van der Waals surface area (Å²) < 4.78 is 6.25. The lowest BCUT2D eigenvalue weighted by Crippen LogP contribution is -1.91. The van der Waals surface area contributed by atoms with E-state index in [9.17, 15) is 4.79 Å². The number of nitrogens with zero attached hydrogens (tertiary/aromatic N) is 3. The fraction of sp³-hybridized carbons (Fsp3) is 0.250. The predicted octanol–water partition coefficient (Wildman–Crippen LogP) is 3.01. The van der Waals surface area contributed by atoms with Gasteiger partial charge in [-0.25, -0.2) is 9.53 Å². The smallest absolute Gasteiger partial charge is 0.334 e. The minimum atomic E-state index is -0.470. The van der Waals surface area contributed by atoms with E-state index in [0.717, 1.165) is 11.3 Å². The van der Waals surface area contributed by atoms with Crippen molar-refractivity contribution in [3.05, 3.63) is 45.9 Å². The molecule has 1 aromatic carbocycles. The van der Waals surface area contributed by atoms with E-state index < -0.39 is 5.63 Å². The molecule has 0 bridgehead atoms. The lowest BCUT2D eigenvalue weighted by atomic mass is 10.2.